The van der Waals surface area contributed by atoms with E-state index in [1.54, 1.807) is 24.1 Å². The van der Waals surface area contributed by atoms with Crippen LogP contribution >= 0.6 is 0 Å². The van der Waals surface area contributed by atoms with Gasteiger partial charge in [-0.15, -0.1) is 0 Å². The van der Waals surface area contributed by atoms with E-state index < -0.39 is 4.92 Å². The molecule has 0 N–H and O–H groups in total. The minimum Gasteiger partial charge on any atom is -0.497 e. The number of ether oxygens (including phenoxy) is 1. The SMILES string of the molecule is COc1cccc(-c2cc(CN(C(=O)c3cccc([N+](=O)[O-])c3)C(C)C)no2)c1. The van der Waals surface area contributed by atoms with Gasteiger partial charge < -0.3 is 14.2 Å². The van der Waals surface area contributed by atoms with Crippen LogP contribution in [0.15, 0.2) is 59.1 Å². The summed E-state index contributed by atoms with van der Waals surface area (Å²) in [4.78, 5) is 25.0. The van der Waals surface area contributed by atoms with E-state index in [9.17, 15) is 14.9 Å². The van der Waals surface area contributed by atoms with Gasteiger partial charge in [0.1, 0.15) is 11.4 Å². The lowest BCUT2D eigenvalue weighted by molar-refractivity contribution is -0.384. The van der Waals surface area contributed by atoms with Crippen LogP contribution in [0.25, 0.3) is 11.3 Å². The maximum Gasteiger partial charge on any atom is 0.270 e. The molecule has 1 heterocycles. The van der Waals surface area contributed by atoms with Gasteiger partial charge in [0.15, 0.2) is 5.76 Å². The van der Waals surface area contributed by atoms with E-state index in [-0.39, 0.29) is 29.7 Å². The van der Waals surface area contributed by atoms with Crippen molar-refractivity contribution in [3.8, 4) is 17.1 Å². The summed E-state index contributed by atoms with van der Waals surface area (Å²) in [7, 11) is 1.59. The van der Waals surface area contributed by atoms with Crippen molar-refractivity contribution in [3.05, 3.63) is 76.0 Å². The predicted molar refractivity (Wildman–Crippen MR) is 107 cm³/mol. The zero-order valence-electron chi connectivity index (χ0n) is 16.4. The first kappa shape index (κ1) is 20.1. The molecule has 3 rings (SSSR count). The highest BCUT2D eigenvalue weighted by molar-refractivity contribution is 5.95. The molecule has 0 aliphatic rings. The van der Waals surface area contributed by atoms with Crippen LogP contribution in [0.1, 0.15) is 29.9 Å². The molecule has 0 saturated heterocycles. The number of nitro benzene ring substituents is 1. The number of carbonyl (C=O) groups excluding carboxylic acids is 1. The number of hydrogen-bond donors (Lipinski definition) is 0. The molecule has 8 nitrogen and oxygen atoms in total. The van der Waals surface area contributed by atoms with Gasteiger partial charge in [0.2, 0.25) is 0 Å². The number of methoxy groups -OCH3 is 1. The third kappa shape index (κ3) is 4.60. The maximum atomic E-state index is 13.0. The molecule has 0 aliphatic carbocycles. The minimum atomic E-state index is -0.519. The number of non-ortho nitro benzene ring substituents is 1. The van der Waals surface area contributed by atoms with Gasteiger partial charge in [-0.1, -0.05) is 23.4 Å². The van der Waals surface area contributed by atoms with Crippen molar-refractivity contribution in [2.24, 2.45) is 0 Å². The molecular formula is C21H21N3O5. The molecule has 0 fully saturated rings. The van der Waals surface area contributed by atoms with Crippen LogP contribution in [0.2, 0.25) is 0 Å². The molecule has 29 heavy (non-hydrogen) atoms. The second-order valence-corrected chi connectivity index (χ2v) is 6.75. The molecule has 0 aliphatic heterocycles. The number of nitrogens with zero attached hydrogens (tertiary/aromatic N) is 3. The van der Waals surface area contributed by atoms with E-state index >= 15 is 0 Å². The lowest BCUT2D eigenvalue weighted by Crippen LogP contribution is -2.36. The van der Waals surface area contributed by atoms with E-state index in [2.05, 4.69) is 5.16 Å². The largest absolute Gasteiger partial charge is 0.497 e. The van der Waals surface area contributed by atoms with Gasteiger partial charge in [-0.3, -0.25) is 14.9 Å². The number of amides is 1. The van der Waals surface area contributed by atoms with Crippen LogP contribution in [-0.4, -0.2) is 34.0 Å². The fraction of sp³-hybridized carbons (Fsp3) is 0.238. The fourth-order valence-corrected chi connectivity index (χ4v) is 2.88. The maximum absolute atomic E-state index is 13.0. The molecule has 150 valence electrons. The second-order valence-electron chi connectivity index (χ2n) is 6.75. The summed E-state index contributed by atoms with van der Waals surface area (Å²) in [6.45, 7) is 3.96. The van der Waals surface area contributed by atoms with E-state index in [1.807, 2.05) is 38.1 Å². The molecule has 0 atom stereocenters. The van der Waals surface area contributed by atoms with E-state index in [0.717, 1.165) is 5.56 Å². The Kier molecular flexibility index (Phi) is 5.92. The van der Waals surface area contributed by atoms with Crippen molar-refractivity contribution in [2.45, 2.75) is 26.4 Å². The van der Waals surface area contributed by atoms with Gasteiger partial charge in [0.05, 0.1) is 18.6 Å². The van der Waals surface area contributed by atoms with Gasteiger partial charge in [0, 0.05) is 35.4 Å². The molecule has 0 saturated carbocycles. The Morgan fingerprint density at radius 2 is 1.97 bits per heavy atom. The number of hydrogen-bond acceptors (Lipinski definition) is 6. The van der Waals surface area contributed by atoms with Crippen LogP contribution in [0.4, 0.5) is 5.69 Å². The highest BCUT2D eigenvalue weighted by Crippen LogP contribution is 2.25. The molecule has 0 spiro atoms. The Bertz CT molecular complexity index is 1030. The first-order chi connectivity index (χ1) is 13.9. The van der Waals surface area contributed by atoms with Gasteiger partial charge in [-0.2, -0.15) is 0 Å². The van der Waals surface area contributed by atoms with Crippen LogP contribution < -0.4 is 4.74 Å². The summed E-state index contributed by atoms with van der Waals surface area (Å²) < 4.78 is 10.7. The number of benzene rings is 2. The van der Waals surface area contributed by atoms with Crippen LogP contribution in [0.5, 0.6) is 5.75 Å². The van der Waals surface area contributed by atoms with E-state index in [4.69, 9.17) is 9.26 Å². The number of aromatic nitrogens is 1. The minimum absolute atomic E-state index is 0.124. The molecule has 0 radical (unpaired) electrons. The Balaban J connectivity index is 1.82. The second kappa shape index (κ2) is 8.55. The Morgan fingerprint density at radius 1 is 1.21 bits per heavy atom. The predicted octanol–water partition coefficient (Wildman–Crippen LogP) is 4.31. The monoisotopic (exact) mass is 395 g/mol. The molecular weight excluding hydrogens is 374 g/mol. The zero-order chi connectivity index (χ0) is 21.0. The Hall–Kier alpha value is -3.68. The normalized spacial score (nSPS) is 10.8. The standard InChI is InChI=1S/C21H21N3O5/c1-14(2)23(21(25)16-7-4-8-18(10-16)24(26)27)13-17-12-20(29-22-17)15-6-5-9-19(11-15)28-3/h4-12,14H,13H2,1-3H3. The third-order valence-corrected chi connectivity index (χ3v) is 4.43. The van der Waals surface area contributed by atoms with Crippen molar-refractivity contribution in [1.82, 2.24) is 10.1 Å². The number of nitro groups is 1. The first-order valence-electron chi connectivity index (χ1n) is 9.04. The van der Waals surface area contributed by atoms with Gasteiger partial charge >= 0.3 is 0 Å². The Morgan fingerprint density at radius 3 is 2.66 bits per heavy atom. The van der Waals surface area contributed by atoms with Crippen LogP contribution in [-0.2, 0) is 6.54 Å². The van der Waals surface area contributed by atoms with Gasteiger partial charge in [0.25, 0.3) is 11.6 Å². The molecule has 8 heteroatoms. The van der Waals surface area contributed by atoms with Crippen molar-refractivity contribution < 1.29 is 19.0 Å². The topological polar surface area (TPSA) is 98.7 Å². The third-order valence-electron chi connectivity index (χ3n) is 4.43. The number of rotatable bonds is 7. The molecule has 1 amide bonds. The fourth-order valence-electron chi connectivity index (χ4n) is 2.88. The van der Waals surface area contributed by atoms with Gasteiger partial charge in [-0.25, -0.2) is 0 Å². The molecule has 0 bridgehead atoms. The van der Waals surface area contributed by atoms with Gasteiger partial charge in [-0.05, 0) is 32.0 Å². The summed E-state index contributed by atoms with van der Waals surface area (Å²) >= 11 is 0. The summed E-state index contributed by atoms with van der Waals surface area (Å²) in [5.41, 5.74) is 1.52. The highest BCUT2D eigenvalue weighted by atomic mass is 16.6. The molecule has 2 aromatic carbocycles. The Labute approximate surface area is 167 Å². The highest BCUT2D eigenvalue weighted by Gasteiger charge is 2.22. The van der Waals surface area contributed by atoms with E-state index in [1.165, 1.54) is 18.2 Å². The molecule has 3 aromatic rings. The number of carbonyl (C=O) groups is 1. The van der Waals surface area contributed by atoms with E-state index in [0.29, 0.717) is 17.2 Å². The van der Waals surface area contributed by atoms with Crippen molar-refractivity contribution in [2.75, 3.05) is 7.11 Å². The van der Waals surface area contributed by atoms with Crippen LogP contribution in [0, 0.1) is 10.1 Å². The van der Waals surface area contributed by atoms with Crippen LogP contribution in [0.3, 0.4) is 0 Å². The van der Waals surface area contributed by atoms with Crippen molar-refractivity contribution in [1.29, 1.82) is 0 Å². The summed E-state index contributed by atoms with van der Waals surface area (Å²) in [5, 5.41) is 15.1. The smallest absolute Gasteiger partial charge is 0.270 e. The average Bonchev–Trinajstić information content (AvgIpc) is 3.20. The summed E-state index contributed by atoms with van der Waals surface area (Å²) in [5.74, 6) is 0.949. The van der Waals surface area contributed by atoms with Crippen molar-refractivity contribution in [3.63, 3.8) is 0 Å². The zero-order valence-corrected chi connectivity index (χ0v) is 16.4. The lowest BCUT2D eigenvalue weighted by Gasteiger charge is -2.25. The molecule has 1 aromatic heterocycles. The lowest BCUT2D eigenvalue weighted by atomic mass is 10.1. The molecule has 0 unspecified atom stereocenters. The van der Waals surface area contributed by atoms with Crippen molar-refractivity contribution >= 4 is 11.6 Å². The quantitative estimate of drug-likeness (QED) is 0.437. The summed E-state index contributed by atoms with van der Waals surface area (Å²) in [6.07, 6.45) is 0. The first-order valence-corrected chi connectivity index (χ1v) is 9.04. The summed E-state index contributed by atoms with van der Waals surface area (Å²) in [6, 6.07) is 14.7. The average molecular weight is 395 g/mol.